The molecule has 0 bridgehead atoms. The number of carbonyl (C=O) groups is 1. The van der Waals surface area contributed by atoms with Crippen molar-refractivity contribution in [1.29, 1.82) is 0 Å². The standard InChI is InChI=1S/C20H25ClFN3O2/c1-13(2)18-10-19(27-24-18)20(26)23-11-15-4-6-25(12-15)5-3-14-7-16(21)9-17(22)8-14/h7-10,13,15H,3-6,11-12H2,1-2H3,(H,23,26)/t15-/m1/s1. The maximum Gasteiger partial charge on any atom is 0.289 e. The topological polar surface area (TPSA) is 58.4 Å². The Balaban J connectivity index is 1.42. The minimum Gasteiger partial charge on any atom is -0.351 e. The highest BCUT2D eigenvalue weighted by atomic mass is 35.5. The van der Waals surface area contributed by atoms with E-state index in [0.29, 0.717) is 17.5 Å². The van der Waals surface area contributed by atoms with Gasteiger partial charge in [0.2, 0.25) is 5.76 Å². The summed E-state index contributed by atoms with van der Waals surface area (Å²) in [5, 5.41) is 7.28. The van der Waals surface area contributed by atoms with E-state index in [1.165, 1.54) is 12.1 Å². The molecule has 0 aliphatic carbocycles. The first kappa shape index (κ1) is 19.8. The second-order valence-electron chi connectivity index (χ2n) is 7.46. The van der Waals surface area contributed by atoms with Crippen LogP contribution in [0.15, 0.2) is 28.8 Å². The highest BCUT2D eigenvalue weighted by Gasteiger charge is 2.23. The van der Waals surface area contributed by atoms with Gasteiger partial charge in [0.25, 0.3) is 5.91 Å². The van der Waals surface area contributed by atoms with Crippen LogP contribution in [0.3, 0.4) is 0 Å². The quantitative estimate of drug-likeness (QED) is 0.775. The predicted molar refractivity (Wildman–Crippen MR) is 103 cm³/mol. The first-order valence-electron chi connectivity index (χ1n) is 9.33. The van der Waals surface area contributed by atoms with Crippen LogP contribution in [0.2, 0.25) is 5.02 Å². The molecule has 1 amide bonds. The Labute approximate surface area is 163 Å². The molecule has 0 spiro atoms. The van der Waals surface area contributed by atoms with Gasteiger partial charge in [-0.15, -0.1) is 0 Å². The average Bonchev–Trinajstić information content (AvgIpc) is 3.27. The number of aromatic nitrogens is 1. The summed E-state index contributed by atoms with van der Waals surface area (Å²) >= 11 is 5.90. The number of carbonyl (C=O) groups excluding carboxylic acids is 1. The van der Waals surface area contributed by atoms with E-state index in [9.17, 15) is 9.18 Å². The molecule has 2 aromatic rings. The summed E-state index contributed by atoms with van der Waals surface area (Å²) in [6.45, 7) is 7.36. The largest absolute Gasteiger partial charge is 0.351 e. The Bertz CT molecular complexity index is 773. The van der Waals surface area contributed by atoms with Crippen molar-refractivity contribution in [3.8, 4) is 0 Å². The number of amides is 1. The SMILES string of the molecule is CC(C)c1cc(C(=O)NC[C@H]2CCN(CCc3cc(F)cc(Cl)c3)C2)on1. The van der Waals surface area contributed by atoms with Crippen LogP contribution in [0.1, 0.15) is 48.0 Å². The molecule has 1 aliphatic rings. The van der Waals surface area contributed by atoms with Crippen molar-refractivity contribution in [3.05, 3.63) is 52.1 Å². The molecule has 0 radical (unpaired) electrons. The molecule has 27 heavy (non-hydrogen) atoms. The normalized spacial score (nSPS) is 17.6. The molecule has 2 heterocycles. The molecule has 1 aromatic heterocycles. The van der Waals surface area contributed by atoms with Gasteiger partial charge in [-0.2, -0.15) is 0 Å². The lowest BCUT2D eigenvalue weighted by molar-refractivity contribution is 0.0910. The first-order valence-corrected chi connectivity index (χ1v) is 9.70. The van der Waals surface area contributed by atoms with E-state index in [4.69, 9.17) is 16.1 Å². The summed E-state index contributed by atoms with van der Waals surface area (Å²) < 4.78 is 18.5. The Kier molecular flexibility index (Phi) is 6.50. The third-order valence-electron chi connectivity index (χ3n) is 4.90. The van der Waals surface area contributed by atoms with Crippen LogP contribution in [-0.4, -0.2) is 42.1 Å². The van der Waals surface area contributed by atoms with Crippen molar-refractivity contribution in [2.45, 2.75) is 32.6 Å². The highest BCUT2D eigenvalue weighted by molar-refractivity contribution is 6.30. The molecule has 0 saturated carbocycles. The molecule has 7 heteroatoms. The third kappa shape index (κ3) is 5.53. The van der Waals surface area contributed by atoms with Crippen molar-refractivity contribution in [2.75, 3.05) is 26.2 Å². The minimum absolute atomic E-state index is 0.220. The fourth-order valence-electron chi connectivity index (χ4n) is 3.32. The molecule has 1 saturated heterocycles. The molecule has 3 rings (SSSR count). The van der Waals surface area contributed by atoms with Gasteiger partial charge >= 0.3 is 0 Å². The van der Waals surface area contributed by atoms with Gasteiger partial charge in [-0.3, -0.25) is 4.79 Å². The Morgan fingerprint density at radius 1 is 1.41 bits per heavy atom. The fourth-order valence-corrected chi connectivity index (χ4v) is 3.56. The Hall–Kier alpha value is -1.92. The Morgan fingerprint density at radius 3 is 2.93 bits per heavy atom. The molecular weight excluding hydrogens is 369 g/mol. The predicted octanol–water partition coefficient (Wildman–Crippen LogP) is 3.88. The van der Waals surface area contributed by atoms with Crippen LogP contribution in [-0.2, 0) is 6.42 Å². The van der Waals surface area contributed by atoms with Gasteiger partial charge in [0.15, 0.2) is 0 Å². The molecule has 5 nitrogen and oxygen atoms in total. The molecule has 146 valence electrons. The maximum absolute atomic E-state index is 13.4. The number of nitrogens with one attached hydrogen (secondary N) is 1. The van der Waals surface area contributed by atoms with E-state index >= 15 is 0 Å². The van der Waals surface area contributed by atoms with E-state index in [1.807, 2.05) is 13.8 Å². The van der Waals surface area contributed by atoms with Crippen molar-refractivity contribution in [3.63, 3.8) is 0 Å². The molecule has 1 N–H and O–H groups in total. The van der Waals surface area contributed by atoms with Gasteiger partial charge in [-0.1, -0.05) is 30.6 Å². The lowest BCUT2D eigenvalue weighted by Crippen LogP contribution is -2.31. The number of nitrogens with zero attached hydrogens (tertiary/aromatic N) is 2. The van der Waals surface area contributed by atoms with Gasteiger partial charge in [0.1, 0.15) is 5.82 Å². The zero-order valence-electron chi connectivity index (χ0n) is 15.7. The first-order chi connectivity index (χ1) is 12.9. The molecule has 1 aromatic carbocycles. The van der Waals surface area contributed by atoms with Crippen LogP contribution in [0.4, 0.5) is 4.39 Å². The number of hydrogen-bond donors (Lipinski definition) is 1. The van der Waals surface area contributed by atoms with Gasteiger partial charge < -0.3 is 14.7 Å². The summed E-state index contributed by atoms with van der Waals surface area (Å²) in [4.78, 5) is 14.5. The smallest absolute Gasteiger partial charge is 0.289 e. The maximum atomic E-state index is 13.4. The zero-order valence-corrected chi connectivity index (χ0v) is 16.4. The second kappa shape index (κ2) is 8.85. The molecule has 0 unspecified atom stereocenters. The van der Waals surface area contributed by atoms with Crippen LogP contribution in [0.25, 0.3) is 0 Å². The van der Waals surface area contributed by atoms with Gasteiger partial charge in [0.05, 0.1) is 5.69 Å². The minimum atomic E-state index is -0.299. The highest BCUT2D eigenvalue weighted by Crippen LogP contribution is 2.19. The van der Waals surface area contributed by atoms with Gasteiger partial charge in [-0.25, -0.2) is 4.39 Å². The summed E-state index contributed by atoms with van der Waals surface area (Å²) in [5.74, 6) is 0.371. The van der Waals surface area contributed by atoms with Gasteiger partial charge in [0, 0.05) is 30.7 Å². The lowest BCUT2D eigenvalue weighted by atomic mass is 10.1. The van der Waals surface area contributed by atoms with E-state index in [0.717, 1.165) is 43.7 Å². The second-order valence-corrected chi connectivity index (χ2v) is 7.90. The van der Waals surface area contributed by atoms with Crippen molar-refractivity contribution in [1.82, 2.24) is 15.4 Å². The summed E-state index contributed by atoms with van der Waals surface area (Å²) in [6, 6.07) is 6.35. The third-order valence-corrected chi connectivity index (χ3v) is 5.12. The summed E-state index contributed by atoms with van der Waals surface area (Å²) in [7, 11) is 0. The molecule has 1 atom stereocenters. The van der Waals surface area contributed by atoms with Crippen molar-refractivity contribution in [2.24, 2.45) is 5.92 Å². The van der Waals surface area contributed by atoms with E-state index < -0.39 is 0 Å². The fraction of sp³-hybridized carbons (Fsp3) is 0.500. The molecule has 1 aliphatic heterocycles. The van der Waals surface area contributed by atoms with Gasteiger partial charge in [-0.05, 0) is 55.0 Å². The zero-order chi connectivity index (χ0) is 19.4. The summed E-state index contributed by atoms with van der Waals surface area (Å²) in [6.07, 6.45) is 1.78. The Morgan fingerprint density at radius 2 is 2.22 bits per heavy atom. The van der Waals surface area contributed by atoms with Crippen LogP contribution < -0.4 is 5.32 Å². The lowest BCUT2D eigenvalue weighted by Gasteiger charge is -2.16. The number of benzene rings is 1. The number of rotatable bonds is 7. The van der Waals surface area contributed by atoms with E-state index in [2.05, 4.69) is 15.4 Å². The monoisotopic (exact) mass is 393 g/mol. The number of hydrogen-bond acceptors (Lipinski definition) is 4. The van der Waals surface area contributed by atoms with Crippen molar-refractivity contribution >= 4 is 17.5 Å². The van der Waals surface area contributed by atoms with Crippen LogP contribution in [0, 0.1) is 11.7 Å². The summed E-state index contributed by atoms with van der Waals surface area (Å²) in [5.41, 5.74) is 1.69. The van der Waals surface area contributed by atoms with Crippen LogP contribution >= 0.6 is 11.6 Å². The van der Waals surface area contributed by atoms with Crippen LogP contribution in [0.5, 0.6) is 0 Å². The van der Waals surface area contributed by atoms with E-state index in [1.54, 1.807) is 12.1 Å². The van der Waals surface area contributed by atoms with Crippen molar-refractivity contribution < 1.29 is 13.7 Å². The number of halogens is 2. The molecular formula is C20H25ClFN3O2. The van der Waals surface area contributed by atoms with E-state index in [-0.39, 0.29) is 23.4 Å². The average molecular weight is 394 g/mol. The molecule has 1 fully saturated rings. The number of likely N-dealkylation sites (tertiary alicyclic amines) is 1.